The number of carbonyl (C=O) groups excluding carboxylic acids is 1. The number of urea groups is 1. The zero-order valence-electron chi connectivity index (χ0n) is 11.1. The van der Waals surface area contributed by atoms with Gasteiger partial charge < -0.3 is 10.6 Å². The summed E-state index contributed by atoms with van der Waals surface area (Å²) in [5.41, 5.74) is 2.38. The SMILES string of the molecule is Cc1ccc(NC(=O)Nc2ccc(Cl)c(C)c2)c(F)c1. The van der Waals surface area contributed by atoms with Crippen LogP contribution in [0.5, 0.6) is 0 Å². The Morgan fingerprint density at radius 1 is 1.10 bits per heavy atom. The van der Waals surface area contributed by atoms with Gasteiger partial charge in [-0.2, -0.15) is 0 Å². The van der Waals surface area contributed by atoms with Crippen molar-refractivity contribution >= 4 is 29.0 Å². The third-order valence-electron chi connectivity index (χ3n) is 2.79. The van der Waals surface area contributed by atoms with Gasteiger partial charge >= 0.3 is 6.03 Å². The maximum atomic E-state index is 13.6. The van der Waals surface area contributed by atoms with E-state index in [1.54, 1.807) is 31.2 Å². The molecular weight excluding hydrogens is 279 g/mol. The standard InChI is InChI=1S/C15H14ClFN2O/c1-9-3-6-14(13(17)7-9)19-15(20)18-11-4-5-12(16)10(2)8-11/h3-8H,1-2H3,(H2,18,19,20). The lowest BCUT2D eigenvalue weighted by Crippen LogP contribution is -2.20. The fourth-order valence-corrected chi connectivity index (χ4v) is 1.85. The molecule has 0 heterocycles. The summed E-state index contributed by atoms with van der Waals surface area (Å²) >= 11 is 5.90. The van der Waals surface area contributed by atoms with Crippen LogP contribution in [0, 0.1) is 19.7 Å². The summed E-state index contributed by atoms with van der Waals surface area (Å²) in [4.78, 5) is 11.8. The second-order valence-corrected chi connectivity index (χ2v) is 4.93. The summed E-state index contributed by atoms with van der Waals surface area (Å²) < 4.78 is 13.6. The molecule has 0 spiro atoms. The van der Waals surface area contributed by atoms with Crippen LogP contribution in [0.25, 0.3) is 0 Å². The van der Waals surface area contributed by atoms with E-state index in [0.29, 0.717) is 10.7 Å². The van der Waals surface area contributed by atoms with Crippen LogP contribution < -0.4 is 10.6 Å². The van der Waals surface area contributed by atoms with E-state index in [2.05, 4.69) is 10.6 Å². The van der Waals surface area contributed by atoms with Crippen molar-refractivity contribution in [3.63, 3.8) is 0 Å². The van der Waals surface area contributed by atoms with Gasteiger partial charge in [0, 0.05) is 10.7 Å². The molecule has 2 aromatic rings. The molecule has 3 nitrogen and oxygen atoms in total. The fourth-order valence-electron chi connectivity index (χ4n) is 1.73. The largest absolute Gasteiger partial charge is 0.323 e. The topological polar surface area (TPSA) is 41.1 Å². The van der Waals surface area contributed by atoms with Crippen molar-refractivity contribution in [1.29, 1.82) is 0 Å². The van der Waals surface area contributed by atoms with Crippen molar-refractivity contribution in [1.82, 2.24) is 0 Å². The van der Waals surface area contributed by atoms with Gasteiger partial charge in [0.05, 0.1) is 5.69 Å². The van der Waals surface area contributed by atoms with E-state index >= 15 is 0 Å². The Hall–Kier alpha value is -2.07. The molecule has 0 unspecified atom stereocenters. The lowest BCUT2D eigenvalue weighted by molar-refractivity contribution is 0.262. The zero-order valence-corrected chi connectivity index (χ0v) is 11.9. The first-order chi connectivity index (χ1) is 9.45. The summed E-state index contributed by atoms with van der Waals surface area (Å²) in [6.45, 7) is 3.62. The number of hydrogen-bond acceptors (Lipinski definition) is 1. The molecule has 2 rings (SSSR count). The van der Waals surface area contributed by atoms with Crippen LogP contribution in [0.4, 0.5) is 20.6 Å². The van der Waals surface area contributed by atoms with Crippen molar-refractivity contribution in [2.75, 3.05) is 10.6 Å². The lowest BCUT2D eigenvalue weighted by atomic mass is 10.2. The van der Waals surface area contributed by atoms with Gasteiger partial charge in [0.15, 0.2) is 0 Å². The fraction of sp³-hybridized carbons (Fsp3) is 0.133. The number of nitrogens with one attached hydrogen (secondary N) is 2. The van der Waals surface area contributed by atoms with E-state index in [1.165, 1.54) is 12.1 Å². The van der Waals surface area contributed by atoms with Crippen molar-refractivity contribution in [3.8, 4) is 0 Å². The average Bonchev–Trinajstić information content (AvgIpc) is 2.37. The average molecular weight is 293 g/mol. The number of anilines is 2. The van der Waals surface area contributed by atoms with Gasteiger partial charge in [-0.25, -0.2) is 9.18 Å². The molecule has 0 aliphatic carbocycles. The highest BCUT2D eigenvalue weighted by molar-refractivity contribution is 6.31. The summed E-state index contributed by atoms with van der Waals surface area (Å²) in [5.74, 6) is -0.465. The van der Waals surface area contributed by atoms with Crippen molar-refractivity contribution in [2.24, 2.45) is 0 Å². The van der Waals surface area contributed by atoms with Crippen molar-refractivity contribution in [2.45, 2.75) is 13.8 Å². The minimum absolute atomic E-state index is 0.138. The number of hydrogen-bond donors (Lipinski definition) is 2. The van der Waals surface area contributed by atoms with E-state index in [-0.39, 0.29) is 5.69 Å². The molecule has 0 bridgehead atoms. The van der Waals surface area contributed by atoms with Crippen molar-refractivity contribution < 1.29 is 9.18 Å². The second-order valence-electron chi connectivity index (χ2n) is 4.53. The highest BCUT2D eigenvalue weighted by Gasteiger charge is 2.07. The molecule has 20 heavy (non-hydrogen) atoms. The van der Waals surface area contributed by atoms with Crippen LogP contribution in [0.2, 0.25) is 5.02 Å². The predicted octanol–water partition coefficient (Wildman–Crippen LogP) is 4.74. The molecule has 0 aliphatic heterocycles. The van der Waals surface area contributed by atoms with Gasteiger partial charge in [0.2, 0.25) is 0 Å². The molecule has 2 amide bonds. The molecule has 0 fully saturated rings. The highest BCUT2D eigenvalue weighted by Crippen LogP contribution is 2.20. The molecule has 5 heteroatoms. The number of halogens is 2. The molecule has 2 N–H and O–H groups in total. The normalized spacial score (nSPS) is 10.2. The number of rotatable bonds is 2. The third-order valence-corrected chi connectivity index (χ3v) is 3.21. The first-order valence-electron chi connectivity index (χ1n) is 6.06. The molecule has 104 valence electrons. The smallest absolute Gasteiger partial charge is 0.308 e. The first-order valence-corrected chi connectivity index (χ1v) is 6.44. The minimum Gasteiger partial charge on any atom is -0.308 e. The van der Waals surface area contributed by atoms with Crippen LogP contribution in [0.1, 0.15) is 11.1 Å². The van der Waals surface area contributed by atoms with Gasteiger partial charge in [-0.1, -0.05) is 17.7 Å². The van der Waals surface area contributed by atoms with Crippen LogP contribution in [0.3, 0.4) is 0 Å². The van der Waals surface area contributed by atoms with Gasteiger partial charge in [-0.15, -0.1) is 0 Å². The molecule has 0 saturated heterocycles. The maximum absolute atomic E-state index is 13.6. The molecule has 0 aromatic heterocycles. The van der Waals surface area contributed by atoms with Crippen molar-refractivity contribution in [3.05, 3.63) is 58.4 Å². The lowest BCUT2D eigenvalue weighted by Gasteiger charge is -2.09. The minimum atomic E-state index is -0.505. The predicted molar refractivity (Wildman–Crippen MR) is 80.0 cm³/mol. The molecule has 0 saturated carbocycles. The van der Waals surface area contributed by atoms with Gasteiger partial charge in [0.25, 0.3) is 0 Å². The molecule has 2 aromatic carbocycles. The number of amides is 2. The monoisotopic (exact) mass is 292 g/mol. The Morgan fingerprint density at radius 2 is 1.85 bits per heavy atom. The van der Waals surface area contributed by atoms with E-state index < -0.39 is 11.8 Å². The van der Waals surface area contributed by atoms with E-state index in [4.69, 9.17) is 11.6 Å². The Kier molecular flexibility index (Phi) is 4.25. The zero-order chi connectivity index (χ0) is 14.7. The van der Waals surface area contributed by atoms with Crippen LogP contribution in [-0.2, 0) is 0 Å². The van der Waals surface area contributed by atoms with Crippen LogP contribution in [0.15, 0.2) is 36.4 Å². The maximum Gasteiger partial charge on any atom is 0.323 e. The van der Waals surface area contributed by atoms with E-state index in [0.717, 1.165) is 11.1 Å². The quantitative estimate of drug-likeness (QED) is 0.824. The van der Waals surface area contributed by atoms with E-state index in [1.807, 2.05) is 6.92 Å². The van der Waals surface area contributed by atoms with Crippen LogP contribution >= 0.6 is 11.6 Å². The van der Waals surface area contributed by atoms with Gasteiger partial charge in [0.1, 0.15) is 5.82 Å². The Morgan fingerprint density at radius 3 is 2.50 bits per heavy atom. The second kappa shape index (κ2) is 5.92. The Balaban J connectivity index is 2.07. The van der Waals surface area contributed by atoms with Gasteiger partial charge in [-0.3, -0.25) is 0 Å². The first kappa shape index (κ1) is 14.3. The third kappa shape index (κ3) is 3.48. The summed E-state index contributed by atoms with van der Waals surface area (Å²) in [5, 5.41) is 5.71. The number of aryl methyl sites for hydroxylation is 2. The molecule has 0 aliphatic rings. The molecule has 0 radical (unpaired) electrons. The van der Waals surface area contributed by atoms with Gasteiger partial charge in [-0.05, 0) is 55.3 Å². The Labute approximate surface area is 121 Å². The summed E-state index contributed by atoms with van der Waals surface area (Å²) in [7, 11) is 0. The Bertz CT molecular complexity index is 658. The number of carbonyl (C=O) groups is 1. The van der Waals surface area contributed by atoms with Crippen LogP contribution in [-0.4, -0.2) is 6.03 Å². The number of benzene rings is 2. The molecular formula is C15H14ClFN2O. The summed E-state index contributed by atoms with van der Waals surface area (Å²) in [6.07, 6.45) is 0. The van der Waals surface area contributed by atoms with E-state index in [9.17, 15) is 9.18 Å². The molecule has 0 atom stereocenters. The highest BCUT2D eigenvalue weighted by atomic mass is 35.5. The summed E-state index contributed by atoms with van der Waals surface area (Å²) in [6, 6.07) is 9.23.